The maximum Gasteiger partial charge on any atom is 0.125 e. The fourth-order valence-electron chi connectivity index (χ4n) is 1.53. The fraction of sp³-hybridized carbons (Fsp3) is 0.500. The molecule has 0 radical (unpaired) electrons. The molecule has 0 bridgehead atoms. The molecule has 4 heteroatoms. The van der Waals surface area contributed by atoms with E-state index in [1.165, 1.54) is 5.56 Å². The Kier molecular flexibility index (Phi) is 3.91. The molecule has 0 aromatic heterocycles. The summed E-state index contributed by atoms with van der Waals surface area (Å²) in [5.74, 6) is 6.10. The summed E-state index contributed by atoms with van der Waals surface area (Å²) in [6.45, 7) is 6.46. The minimum absolute atomic E-state index is 0.0787. The second kappa shape index (κ2) is 4.82. The summed E-state index contributed by atoms with van der Waals surface area (Å²) in [5.41, 5.74) is 10.6. The fourth-order valence-corrected chi connectivity index (χ4v) is 1.53. The van der Waals surface area contributed by atoms with Crippen molar-refractivity contribution in [2.45, 2.75) is 32.4 Å². The van der Waals surface area contributed by atoms with Crippen LogP contribution < -0.4 is 21.7 Å². The van der Waals surface area contributed by atoms with Gasteiger partial charge >= 0.3 is 0 Å². The second-order valence-electron chi connectivity index (χ2n) is 4.85. The monoisotopic (exact) mass is 223 g/mol. The lowest BCUT2D eigenvalue weighted by molar-refractivity contribution is 0.399. The van der Waals surface area contributed by atoms with Gasteiger partial charge in [-0.05, 0) is 23.1 Å². The van der Waals surface area contributed by atoms with Crippen molar-refractivity contribution in [1.82, 2.24) is 5.43 Å². The zero-order chi connectivity index (χ0) is 12.3. The first-order valence-corrected chi connectivity index (χ1v) is 5.30. The number of rotatable bonds is 3. The standard InChI is InChI=1S/C12H21N3O/c1-12(2,3)8-5-6-10(16-4)9(7-8)11(13)15-14/h5-7,11,15H,13-14H2,1-4H3. The highest BCUT2D eigenvalue weighted by atomic mass is 16.5. The number of hydrogen-bond acceptors (Lipinski definition) is 4. The minimum Gasteiger partial charge on any atom is -0.496 e. The van der Waals surface area contributed by atoms with Crippen LogP contribution in [0.5, 0.6) is 5.75 Å². The molecule has 5 N–H and O–H groups in total. The van der Waals surface area contributed by atoms with Gasteiger partial charge in [-0.3, -0.25) is 5.84 Å². The van der Waals surface area contributed by atoms with Crippen LogP contribution >= 0.6 is 0 Å². The van der Waals surface area contributed by atoms with Gasteiger partial charge in [-0.1, -0.05) is 26.8 Å². The molecule has 1 atom stereocenters. The van der Waals surface area contributed by atoms with Crippen LogP contribution in [0.4, 0.5) is 0 Å². The second-order valence-corrected chi connectivity index (χ2v) is 4.85. The molecule has 0 spiro atoms. The van der Waals surface area contributed by atoms with Gasteiger partial charge in [0.15, 0.2) is 0 Å². The molecule has 0 heterocycles. The summed E-state index contributed by atoms with van der Waals surface area (Å²) in [4.78, 5) is 0. The summed E-state index contributed by atoms with van der Waals surface area (Å²) in [7, 11) is 1.62. The van der Waals surface area contributed by atoms with E-state index in [2.05, 4.69) is 26.2 Å². The summed E-state index contributed by atoms with van der Waals surface area (Å²) >= 11 is 0. The van der Waals surface area contributed by atoms with Crippen LogP contribution in [-0.4, -0.2) is 7.11 Å². The zero-order valence-corrected chi connectivity index (χ0v) is 10.4. The third kappa shape index (κ3) is 2.72. The van der Waals surface area contributed by atoms with Gasteiger partial charge in [0, 0.05) is 5.56 Å². The maximum atomic E-state index is 5.87. The zero-order valence-electron chi connectivity index (χ0n) is 10.4. The number of hydrogen-bond donors (Lipinski definition) is 3. The van der Waals surface area contributed by atoms with Crippen molar-refractivity contribution < 1.29 is 4.74 Å². The molecule has 4 nitrogen and oxygen atoms in total. The van der Waals surface area contributed by atoms with E-state index < -0.39 is 6.17 Å². The lowest BCUT2D eigenvalue weighted by atomic mass is 9.86. The molecule has 1 unspecified atom stereocenters. The van der Waals surface area contributed by atoms with Crippen LogP contribution in [0.1, 0.15) is 38.1 Å². The van der Waals surface area contributed by atoms with Gasteiger partial charge in [0.1, 0.15) is 5.75 Å². The quantitative estimate of drug-likeness (QED) is 0.411. The Morgan fingerprint density at radius 2 is 1.94 bits per heavy atom. The third-order valence-corrected chi connectivity index (χ3v) is 2.61. The molecule has 1 aromatic rings. The van der Waals surface area contributed by atoms with Crippen LogP contribution in [-0.2, 0) is 5.41 Å². The van der Waals surface area contributed by atoms with Gasteiger partial charge in [0.25, 0.3) is 0 Å². The van der Waals surface area contributed by atoms with E-state index in [9.17, 15) is 0 Å². The lowest BCUT2D eigenvalue weighted by Gasteiger charge is -2.22. The summed E-state index contributed by atoms with van der Waals surface area (Å²) < 4.78 is 5.26. The number of hydrazine groups is 1. The summed E-state index contributed by atoms with van der Waals surface area (Å²) in [5, 5.41) is 0. The van der Waals surface area contributed by atoms with E-state index in [4.69, 9.17) is 16.3 Å². The Bertz CT molecular complexity index is 358. The van der Waals surface area contributed by atoms with Crippen molar-refractivity contribution in [3.63, 3.8) is 0 Å². The van der Waals surface area contributed by atoms with Gasteiger partial charge in [-0.15, -0.1) is 0 Å². The van der Waals surface area contributed by atoms with E-state index in [0.29, 0.717) is 0 Å². The Labute approximate surface area is 96.9 Å². The van der Waals surface area contributed by atoms with Gasteiger partial charge in [0.2, 0.25) is 0 Å². The molecule has 16 heavy (non-hydrogen) atoms. The highest BCUT2D eigenvalue weighted by molar-refractivity contribution is 5.41. The average molecular weight is 223 g/mol. The van der Waals surface area contributed by atoms with Gasteiger partial charge in [-0.2, -0.15) is 0 Å². The highest BCUT2D eigenvalue weighted by Gasteiger charge is 2.18. The van der Waals surface area contributed by atoms with Crippen molar-refractivity contribution in [2.24, 2.45) is 11.6 Å². The smallest absolute Gasteiger partial charge is 0.125 e. The van der Waals surface area contributed by atoms with E-state index in [1.807, 2.05) is 18.2 Å². The Morgan fingerprint density at radius 1 is 1.31 bits per heavy atom. The molecular formula is C12H21N3O. The summed E-state index contributed by atoms with van der Waals surface area (Å²) in [6.07, 6.45) is -0.419. The molecular weight excluding hydrogens is 202 g/mol. The van der Waals surface area contributed by atoms with Gasteiger partial charge < -0.3 is 10.5 Å². The van der Waals surface area contributed by atoms with Crippen molar-refractivity contribution in [2.75, 3.05) is 7.11 Å². The number of nitrogens with two attached hydrogens (primary N) is 2. The first kappa shape index (κ1) is 13.0. The predicted molar refractivity (Wildman–Crippen MR) is 65.9 cm³/mol. The van der Waals surface area contributed by atoms with Gasteiger partial charge in [0.05, 0.1) is 13.3 Å². The van der Waals surface area contributed by atoms with E-state index in [0.717, 1.165) is 11.3 Å². The van der Waals surface area contributed by atoms with Crippen LogP contribution in [0.25, 0.3) is 0 Å². The minimum atomic E-state index is -0.419. The van der Waals surface area contributed by atoms with Gasteiger partial charge in [-0.25, -0.2) is 5.43 Å². The lowest BCUT2D eigenvalue weighted by Crippen LogP contribution is -2.34. The molecule has 0 saturated heterocycles. The molecule has 1 aromatic carbocycles. The largest absolute Gasteiger partial charge is 0.496 e. The van der Waals surface area contributed by atoms with Crippen LogP contribution in [0.3, 0.4) is 0 Å². The van der Waals surface area contributed by atoms with Crippen LogP contribution in [0.15, 0.2) is 18.2 Å². The number of ether oxygens (including phenoxy) is 1. The van der Waals surface area contributed by atoms with Crippen molar-refractivity contribution in [1.29, 1.82) is 0 Å². The molecule has 0 aliphatic carbocycles. The molecule has 0 amide bonds. The van der Waals surface area contributed by atoms with E-state index in [-0.39, 0.29) is 5.41 Å². The summed E-state index contributed by atoms with van der Waals surface area (Å²) in [6, 6.07) is 6.00. The first-order valence-electron chi connectivity index (χ1n) is 5.30. The number of benzene rings is 1. The Morgan fingerprint density at radius 3 is 2.38 bits per heavy atom. The van der Waals surface area contributed by atoms with Crippen molar-refractivity contribution in [3.05, 3.63) is 29.3 Å². The maximum absolute atomic E-state index is 5.87. The number of methoxy groups -OCH3 is 1. The SMILES string of the molecule is COc1ccc(C(C)(C)C)cc1C(N)NN. The molecule has 1 rings (SSSR count). The highest BCUT2D eigenvalue weighted by Crippen LogP contribution is 2.29. The predicted octanol–water partition coefficient (Wildman–Crippen LogP) is 1.41. The van der Waals surface area contributed by atoms with Crippen LogP contribution in [0.2, 0.25) is 0 Å². The van der Waals surface area contributed by atoms with Crippen molar-refractivity contribution >= 4 is 0 Å². The molecule has 90 valence electrons. The normalized spacial score (nSPS) is 13.6. The first-order chi connectivity index (χ1) is 7.40. The Balaban J connectivity index is 3.21. The van der Waals surface area contributed by atoms with Crippen molar-refractivity contribution in [3.8, 4) is 5.75 Å². The third-order valence-electron chi connectivity index (χ3n) is 2.61. The molecule has 0 saturated carbocycles. The topological polar surface area (TPSA) is 73.3 Å². The van der Waals surface area contributed by atoms with Crippen LogP contribution in [0, 0.1) is 0 Å². The number of nitrogens with one attached hydrogen (secondary N) is 1. The molecule has 0 aliphatic rings. The van der Waals surface area contributed by atoms with E-state index >= 15 is 0 Å². The average Bonchev–Trinajstić information content (AvgIpc) is 2.25. The molecule has 0 fully saturated rings. The van der Waals surface area contributed by atoms with E-state index in [1.54, 1.807) is 7.11 Å². The Hall–Kier alpha value is -1.10. The molecule has 0 aliphatic heterocycles.